The van der Waals surface area contributed by atoms with E-state index in [1.807, 2.05) is 12.1 Å². The van der Waals surface area contributed by atoms with Gasteiger partial charge in [-0.1, -0.05) is 60.7 Å². The Labute approximate surface area is 133 Å². The number of halogens is 1. The van der Waals surface area contributed by atoms with E-state index in [4.69, 9.17) is 15.5 Å². The van der Waals surface area contributed by atoms with Gasteiger partial charge in [-0.25, -0.2) is 0 Å². The molecule has 0 aliphatic heterocycles. The largest absolute Gasteiger partial charge is 0.398 e. The maximum absolute atomic E-state index is 7.01. The maximum Gasteiger partial charge on any atom is 0.299 e. The third kappa shape index (κ3) is 5.66. The van der Waals surface area contributed by atoms with Gasteiger partial charge in [-0.3, -0.25) is 0 Å². The normalized spacial score (nSPS) is 12.4. The van der Waals surface area contributed by atoms with Crippen LogP contribution < -0.4 is 0 Å². The summed E-state index contributed by atoms with van der Waals surface area (Å²) in [4.78, 5) is 0. The van der Waals surface area contributed by atoms with Gasteiger partial charge in [-0.05, 0) is 31.9 Å². The summed E-state index contributed by atoms with van der Waals surface area (Å²) in [7, 11) is -2.39. The van der Waals surface area contributed by atoms with Gasteiger partial charge in [0.25, 0.3) is 7.63 Å². The summed E-state index contributed by atoms with van der Waals surface area (Å²) in [6.45, 7) is 6.23. The summed E-state index contributed by atoms with van der Waals surface area (Å²) in [5.41, 5.74) is 2.27. The average molecular weight is 319 g/mol. The summed E-state index contributed by atoms with van der Waals surface area (Å²) >= 11 is 7.01. The van der Waals surface area contributed by atoms with E-state index in [9.17, 15) is 0 Å². The van der Waals surface area contributed by atoms with Gasteiger partial charge in [-0.2, -0.15) is 0 Å². The van der Waals surface area contributed by atoms with Gasteiger partial charge in [0.15, 0.2) is 0 Å². The van der Waals surface area contributed by atoms with Crippen molar-refractivity contribution in [2.75, 3.05) is 0 Å². The van der Waals surface area contributed by atoms with E-state index in [1.54, 1.807) is 0 Å². The van der Waals surface area contributed by atoms with E-state index >= 15 is 0 Å². The predicted molar refractivity (Wildman–Crippen MR) is 92.7 cm³/mol. The lowest BCUT2D eigenvalue weighted by Crippen LogP contribution is -2.44. The number of hydrogen-bond donors (Lipinski definition) is 0. The summed E-state index contributed by atoms with van der Waals surface area (Å²) in [5, 5.41) is 0. The molecule has 0 fully saturated rings. The molecule has 3 heteroatoms. The number of hydrogen-bond acceptors (Lipinski definition) is 1. The highest BCUT2D eigenvalue weighted by atomic mass is 35.6. The number of rotatable bonds is 5. The van der Waals surface area contributed by atoms with Crippen LogP contribution in [0.4, 0.5) is 0 Å². The van der Waals surface area contributed by atoms with E-state index in [2.05, 4.69) is 69.3 Å². The maximum atomic E-state index is 7.01. The fourth-order valence-corrected chi connectivity index (χ4v) is 7.16. The number of benzene rings is 2. The molecule has 0 unspecified atom stereocenters. The van der Waals surface area contributed by atoms with Crippen molar-refractivity contribution in [1.29, 1.82) is 0 Å². The fraction of sp³-hybridized carbons (Fsp3) is 0.333. The highest BCUT2D eigenvalue weighted by molar-refractivity contribution is 7.16. The Morgan fingerprint density at radius 1 is 0.810 bits per heavy atom. The van der Waals surface area contributed by atoms with Crippen molar-refractivity contribution in [3.05, 3.63) is 71.8 Å². The Bertz CT molecular complexity index is 507. The predicted octanol–water partition coefficient (Wildman–Crippen LogP) is 5.05. The minimum absolute atomic E-state index is 0.225. The standard InChI is InChI=1S/C18H23ClOSi/c1-18(2,3)20-21(19,14-16-10-6-4-7-11-16)15-17-12-8-5-9-13-17/h4-13H,14-15H2,1-3H3. The van der Waals surface area contributed by atoms with Crippen LogP contribution in [-0.4, -0.2) is 13.2 Å². The first kappa shape index (κ1) is 16.3. The molecule has 21 heavy (non-hydrogen) atoms. The SMILES string of the molecule is CC(C)(C)O[Si](Cl)(Cc1ccccc1)Cc1ccccc1. The van der Waals surface area contributed by atoms with Gasteiger partial charge in [0.1, 0.15) is 0 Å². The summed E-state index contributed by atoms with van der Waals surface area (Å²) < 4.78 is 6.34. The Morgan fingerprint density at radius 3 is 1.52 bits per heavy atom. The van der Waals surface area contributed by atoms with Gasteiger partial charge < -0.3 is 4.43 Å². The Hall–Kier alpha value is -1.09. The second kappa shape index (κ2) is 6.78. The monoisotopic (exact) mass is 318 g/mol. The second-order valence-corrected chi connectivity index (χ2v) is 11.2. The van der Waals surface area contributed by atoms with Crippen LogP contribution in [-0.2, 0) is 16.5 Å². The van der Waals surface area contributed by atoms with Crippen LogP contribution in [0.3, 0.4) is 0 Å². The van der Waals surface area contributed by atoms with Crippen LogP contribution in [0.15, 0.2) is 60.7 Å². The van der Waals surface area contributed by atoms with E-state index in [0.717, 1.165) is 12.1 Å². The molecule has 2 rings (SSSR count). The zero-order valence-electron chi connectivity index (χ0n) is 13.0. The minimum atomic E-state index is -2.39. The molecule has 0 amide bonds. The molecule has 112 valence electrons. The Balaban J connectivity index is 2.21. The first-order chi connectivity index (χ1) is 9.86. The first-order valence-corrected chi connectivity index (χ1v) is 10.7. The van der Waals surface area contributed by atoms with Crippen LogP contribution >= 0.6 is 11.1 Å². The van der Waals surface area contributed by atoms with Crippen molar-refractivity contribution in [3.63, 3.8) is 0 Å². The van der Waals surface area contributed by atoms with Crippen LogP contribution in [0, 0.1) is 0 Å². The third-order valence-corrected chi connectivity index (χ3v) is 6.99. The minimum Gasteiger partial charge on any atom is -0.398 e. The van der Waals surface area contributed by atoms with Crippen molar-refractivity contribution in [2.45, 2.75) is 38.5 Å². The summed E-state index contributed by atoms with van der Waals surface area (Å²) in [6, 6.07) is 22.4. The summed E-state index contributed by atoms with van der Waals surface area (Å²) in [5.74, 6) is 0. The lowest BCUT2D eigenvalue weighted by molar-refractivity contribution is 0.122. The van der Waals surface area contributed by atoms with Crippen LogP contribution in [0.1, 0.15) is 31.9 Å². The molecule has 0 saturated heterocycles. The fourth-order valence-electron chi connectivity index (χ4n) is 2.48. The second-order valence-electron chi connectivity index (χ2n) is 6.42. The molecule has 0 spiro atoms. The van der Waals surface area contributed by atoms with Gasteiger partial charge in [0, 0.05) is 17.7 Å². The zero-order chi connectivity index (χ0) is 15.3. The van der Waals surface area contributed by atoms with E-state index in [0.29, 0.717) is 0 Å². The molecule has 0 saturated carbocycles. The molecule has 1 nitrogen and oxygen atoms in total. The topological polar surface area (TPSA) is 9.23 Å². The molecule has 0 atom stereocenters. The highest BCUT2D eigenvalue weighted by Crippen LogP contribution is 2.27. The van der Waals surface area contributed by atoms with E-state index in [-0.39, 0.29) is 5.60 Å². The molecule has 0 bridgehead atoms. The van der Waals surface area contributed by atoms with Gasteiger partial charge in [0.05, 0.1) is 0 Å². The molecule has 2 aromatic carbocycles. The zero-order valence-corrected chi connectivity index (χ0v) is 14.7. The smallest absolute Gasteiger partial charge is 0.299 e. The van der Waals surface area contributed by atoms with Crippen molar-refractivity contribution in [2.24, 2.45) is 0 Å². The quantitative estimate of drug-likeness (QED) is 0.554. The van der Waals surface area contributed by atoms with Crippen LogP contribution in [0.2, 0.25) is 0 Å². The lowest BCUT2D eigenvalue weighted by atomic mass is 10.2. The molecule has 2 aromatic rings. The lowest BCUT2D eigenvalue weighted by Gasteiger charge is -2.33. The first-order valence-electron chi connectivity index (χ1n) is 7.33. The molecular weight excluding hydrogens is 296 g/mol. The van der Waals surface area contributed by atoms with Gasteiger partial charge in [0.2, 0.25) is 0 Å². The third-order valence-electron chi connectivity index (χ3n) is 3.11. The van der Waals surface area contributed by atoms with Crippen molar-refractivity contribution in [3.8, 4) is 0 Å². The summed E-state index contributed by atoms with van der Waals surface area (Å²) in [6.07, 6.45) is 0. The van der Waals surface area contributed by atoms with Gasteiger partial charge >= 0.3 is 0 Å². The molecule has 0 N–H and O–H groups in total. The average Bonchev–Trinajstić information content (AvgIpc) is 2.38. The molecular formula is C18H23ClOSi. The van der Waals surface area contributed by atoms with Crippen molar-refractivity contribution >= 4 is 18.7 Å². The van der Waals surface area contributed by atoms with Crippen molar-refractivity contribution < 1.29 is 4.43 Å². The van der Waals surface area contributed by atoms with Gasteiger partial charge in [-0.15, -0.1) is 11.1 Å². The van der Waals surface area contributed by atoms with Crippen LogP contribution in [0.25, 0.3) is 0 Å². The molecule has 0 aliphatic carbocycles. The Morgan fingerprint density at radius 2 is 1.19 bits per heavy atom. The Kier molecular flexibility index (Phi) is 5.25. The van der Waals surface area contributed by atoms with Crippen LogP contribution in [0.5, 0.6) is 0 Å². The van der Waals surface area contributed by atoms with Crippen molar-refractivity contribution in [1.82, 2.24) is 0 Å². The van der Waals surface area contributed by atoms with E-state index in [1.165, 1.54) is 11.1 Å². The molecule has 0 heterocycles. The van der Waals surface area contributed by atoms with E-state index < -0.39 is 7.63 Å². The molecule has 0 aliphatic rings. The molecule has 0 aromatic heterocycles. The molecule has 0 radical (unpaired) electrons. The highest BCUT2D eigenvalue weighted by Gasteiger charge is 2.37.